The van der Waals surface area contributed by atoms with Gasteiger partial charge >= 0.3 is 0 Å². The van der Waals surface area contributed by atoms with Crippen LogP contribution in [0.3, 0.4) is 0 Å². The normalized spacial score (nSPS) is 20.1. The van der Waals surface area contributed by atoms with Gasteiger partial charge in [-0.1, -0.05) is 24.6 Å². The highest BCUT2D eigenvalue weighted by Gasteiger charge is 2.36. The Morgan fingerprint density at radius 3 is 2.67 bits per heavy atom. The molecule has 1 unspecified atom stereocenters. The molecule has 7 heteroatoms. The fourth-order valence-electron chi connectivity index (χ4n) is 5.71. The molecule has 0 spiro atoms. The fraction of sp³-hybridized carbons (Fsp3) is 0.552. The number of likely N-dealkylation sites (N-methyl/N-ethyl adjacent to an activating group) is 1. The first-order valence-electron chi connectivity index (χ1n) is 13.1. The smallest absolute Gasteiger partial charge is 0.260 e. The molecule has 0 aliphatic carbocycles. The third kappa shape index (κ3) is 5.60. The molecule has 2 atom stereocenters. The summed E-state index contributed by atoms with van der Waals surface area (Å²) in [6.07, 6.45) is 4.55. The van der Waals surface area contributed by atoms with Gasteiger partial charge in [-0.25, -0.2) is 0 Å². The molecule has 0 bridgehead atoms. The van der Waals surface area contributed by atoms with E-state index in [1.807, 2.05) is 13.1 Å². The second-order valence-electron chi connectivity index (χ2n) is 10.1. The van der Waals surface area contributed by atoms with Crippen LogP contribution in [0.15, 0.2) is 30.3 Å². The molecule has 0 radical (unpaired) electrons. The quantitative estimate of drug-likeness (QED) is 0.458. The molecular formula is C29H40ClN3O3. The van der Waals surface area contributed by atoms with E-state index in [1.54, 1.807) is 12.0 Å². The maximum Gasteiger partial charge on any atom is 0.260 e. The summed E-state index contributed by atoms with van der Waals surface area (Å²) in [7, 11) is 3.50. The predicted molar refractivity (Wildman–Crippen MR) is 147 cm³/mol. The third-order valence-corrected chi connectivity index (χ3v) is 8.23. The molecular weight excluding hydrogens is 474 g/mol. The van der Waals surface area contributed by atoms with Crippen molar-refractivity contribution in [3.8, 4) is 11.5 Å². The topological polar surface area (TPSA) is 45.3 Å². The minimum atomic E-state index is 0.0179. The van der Waals surface area contributed by atoms with Gasteiger partial charge in [0, 0.05) is 57.1 Å². The highest BCUT2D eigenvalue weighted by atomic mass is 35.5. The molecule has 0 saturated carbocycles. The molecule has 6 nitrogen and oxygen atoms in total. The van der Waals surface area contributed by atoms with Gasteiger partial charge in [-0.3, -0.25) is 9.69 Å². The maximum absolute atomic E-state index is 12.3. The molecule has 2 heterocycles. The number of hydrogen-bond acceptors (Lipinski definition) is 5. The van der Waals surface area contributed by atoms with Crippen molar-refractivity contribution in [3.05, 3.63) is 52.0 Å². The number of benzene rings is 2. The zero-order valence-electron chi connectivity index (χ0n) is 22.3. The van der Waals surface area contributed by atoms with Crippen LogP contribution in [-0.2, 0) is 4.79 Å². The summed E-state index contributed by atoms with van der Waals surface area (Å²) in [6.45, 7) is 10.2. The van der Waals surface area contributed by atoms with Gasteiger partial charge in [0.05, 0.1) is 12.1 Å². The van der Waals surface area contributed by atoms with Crippen molar-refractivity contribution >= 4 is 23.2 Å². The Hall–Kier alpha value is -2.44. The van der Waals surface area contributed by atoms with Crippen molar-refractivity contribution in [1.82, 2.24) is 9.80 Å². The average Bonchev–Trinajstić information content (AvgIpc) is 2.89. The summed E-state index contributed by atoms with van der Waals surface area (Å²) in [5.41, 5.74) is 4.97. The van der Waals surface area contributed by atoms with Crippen molar-refractivity contribution < 1.29 is 14.3 Å². The van der Waals surface area contributed by atoms with E-state index in [2.05, 4.69) is 54.8 Å². The predicted octanol–water partition coefficient (Wildman–Crippen LogP) is 5.63. The summed E-state index contributed by atoms with van der Waals surface area (Å²) in [4.78, 5) is 19.2. The minimum Gasteiger partial charge on any atom is -0.495 e. The number of methoxy groups -OCH3 is 1. The number of amides is 1. The number of halogens is 1. The Labute approximate surface area is 221 Å². The third-order valence-electron chi connectivity index (χ3n) is 7.92. The SMILES string of the molecule is CCCN(C)C(=O)COc1ccc([C@H]2CCCC3CN(c4ccc(Cl)c(OC)c4)CCN32)c(C)c1C. The van der Waals surface area contributed by atoms with Crippen LogP contribution < -0.4 is 14.4 Å². The summed E-state index contributed by atoms with van der Waals surface area (Å²) in [6, 6.07) is 11.3. The average molecular weight is 514 g/mol. The molecule has 2 aromatic carbocycles. The van der Waals surface area contributed by atoms with Crippen molar-refractivity contribution in [2.24, 2.45) is 0 Å². The number of nitrogens with zero attached hydrogens (tertiary/aromatic N) is 3. The summed E-state index contributed by atoms with van der Waals surface area (Å²) >= 11 is 6.25. The van der Waals surface area contributed by atoms with E-state index in [4.69, 9.17) is 21.1 Å². The zero-order valence-corrected chi connectivity index (χ0v) is 23.1. The number of piperazine rings is 1. The van der Waals surface area contributed by atoms with Crippen LogP contribution in [0.5, 0.6) is 11.5 Å². The Morgan fingerprint density at radius 1 is 1.11 bits per heavy atom. The van der Waals surface area contributed by atoms with E-state index < -0.39 is 0 Å². The molecule has 36 heavy (non-hydrogen) atoms. The Bertz CT molecular complexity index is 1080. The summed E-state index contributed by atoms with van der Waals surface area (Å²) in [5.74, 6) is 1.55. The van der Waals surface area contributed by atoms with Crippen LogP contribution in [-0.4, -0.2) is 68.7 Å². The highest BCUT2D eigenvalue weighted by molar-refractivity contribution is 6.32. The highest BCUT2D eigenvalue weighted by Crippen LogP contribution is 2.40. The van der Waals surface area contributed by atoms with Gasteiger partial charge in [-0.05, 0) is 74.4 Å². The van der Waals surface area contributed by atoms with E-state index in [0.29, 0.717) is 17.1 Å². The van der Waals surface area contributed by atoms with E-state index >= 15 is 0 Å². The maximum atomic E-state index is 12.3. The standard InChI is InChI=1S/C29H40ClN3O3/c1-6-14-31(4)29(34)19-36-27-13-11-24(20(2)21(27)3)26-9-7-8-23-18-32(15-16-33(23)26)22-10-12-25(30)28(17-22)35-5/h10-13,17,23,26H,6-9,14-16,18-19H2,1-5H3/t23?,26-/m1/s1. The van der Waals surface area contributed by atoms with E-state index in [-0.39, 0.29) is 12.5 Å². The summed E-state index contributed by atoms with van der Waals surface area (Å²) in [5, 5.41) is 0.647. The zero-order chi connectivity index (χ0) is 25.8. The molecule has 2 aliphatic rings. The first kappa shape index (κ1) is 26.6. The number of rotatable bonds is 8. The number of fused-ring (bicyclic) bond motifs is 1. The van der Waals surface area contributed by atoms with Crippen molar-refractivity contribution in [2.75, 3.05) is 51.8 Å². The fourth-order valence-corrected chi connectivity index (χ4v) is 5.90. The molecule has 1 amide bonds. The molecule has 0 aromatic heterocycles. The van der Waals surface area contributed by atoms with Gasteiger partial charge in [-0.2, -0.15) is 0 Å². The van der Waals surface area contributed by atoms with E-state index in [9.17, 15) is 4.79 Å². The molecule has 2 saturated heterocycles. The monoisotopic (exact) mass is 513 g/mol. The molecule has 2 fully saturated rings. The Kier molecular flexibility index (Phi) is 8.68. The van der Waals surface area contributed by atoms with Crippen LogP contribution in [0.2, 0.25) is 5.02 Å². The van der Waals surface area contributed by atoms with Crippen LogP contribution in [0.25, 0.3) is 0 Å². The van der Waals surface area contributed by atoms with E-state index in [0.717, 1.165) is 49.7 Å². The molecule has 4 rings (SSSR count). The second-order valence-corrected chi connectivity index (χ2v) is 10.5. The van der Waals surface area contributed by atoms with Crippen LogP contribution in [0, 0.1) is 13.8 Å². The first-order valence-corrected chi connectivity index (χ1v) is 13.5. The second kappa shape index (κ2) is 11.7. The van der Waals surface area contributed by atoms with Crippen molar-refractivity contribution in [1.29, 1.82) is 0 Å². The number of hydrogen-bond donors (Lipinski definition) is 0. The number of anilines is 1. The van der Waals surface area contributed by atoms with E-state index in [1.165, 1.54) is 36.1 Å². The van der Waals surface area contributed by atoms with Gasteiger partial charge in [0.15, 0.2) is 6.61 Å². The number of ether oxygens (including phenoxy) is 2. The minimum absolute atomic E-state index is 0.0179. The van der Waals surface area contributed by atoms with Gasteiger partial charge in [0.25, 0.3) is 5.91 Å². The van der Waals surface area contributed by atoms with Crippen LogP contribution in [0.4, 0.5) is 5.69 Å². The Morgan fingerprint density at radius 2 is 1.92 bits per heavy atom. The lowest BCUT2D eigenvalue weighted by atomic mass is 9.86. The van der Waals surface area contributed by atoms with Gasteiger partial charge in [0.1, 0.15) is 11.5 Å². The number of carbonyl (C=O) groups is 1. The van der Waals surface area contributed by atoms with Gasteiger partial charge in [0.2, 0.25) is 0 Å². The lowest BCUT2D eigenvalue weighted by Gasteiger charge is -2.49. The number of carbonyl (C=O) groups excluding carboxylic acids is 1. The Balaban J connectivity index is 1.46. The summed E-state index contributed by atoms with van der Waals surface area (Å²) < 4.78 is 11.4. The van der Waals surface area contributed by atoms with Gasteiger partial charge in [-0.15, -0.1) is 0 Å². The van der Waals surface area contributed by atoms with Crippen molar-refractivity contribution in [2.45, 2.75) is 58.5 Å². The molecule has 196 valence electrons. The van der Waals surface area contributed by atoms with Crippen molar-refractivity contribution in [3.63, 3.8) is 0 Å². The molecule has 0 N–H and O–H groups in total. The first-order chi connectivity index (χ1) is 17.3. The molecule has 2 aliphatic heterocycles. The van der Waals surface area contributed by atoms with Crippen LogP contribution in [0.1, 0.15) is 55.3 Å². The largest absolute Gasteiger partial charge is 0.495 e. The lowest BCUT2D eigenvalue weighted by Crippen LogP contribution is -2.56. The molecule has 2 aromatic rings. The van der Waals surface area contributed by atoms with Gasteiger partial charge < -0.3 is 19.3 Å². The lowest BCUT2D eigenvalue weighted by molar-refractivity contribution is -0.132. The number of piperidine rings is 1. The van der Waals surface area contributed by atoms with Crippen LogP contribution >= 0.6 is 11.6 Å².